The smallest absolute Gasteiger partial charge is 0.276 e. The van der Waals surface area contributed by atoms with E-state index < -0.39 is 27.4 Å². The second-order valence-electron chi connectivity index (χ2n) is 7.89. The number of carbonyl (C=O) groups excluding carboxylic acids is 1. The Morgan fingerprint density at radius 3 is 2.80 bits per heavy atom. The zero-order chi connectivity index (χ0) is 22.3. The lowest BCUT2D eigenvalue weighted by Gasteiger charge is -2.30. The fourth-order valence-electron chi connectivity index (χ4n) is 3.14. The molecule has 2 aromatic rings. The molecule has 3 rings (SSSR count). The monoisotopic (exact) mass is 428 g/mol. The van der Waals surface area contributed by atoms with Gasteiger partial charge in [0.15, 0.2) is 11.4 Å². The number of anilines is 1. The first-order valence-corrected chi connectivity index (χ1v) is 10.8. The van der Waals surface area contributed by atoms with Crippen LogP contribution >= 0.6 is 0 Å². The van der Waals surface area contributed by atoms with Crippen molar-refractivity contribution >= 4 is 21.6 Å². The molecule has 1 amide bonds. The highest BCUT2D eigenvalue weighted by Gasteiger charge is 2.39. The standard InChI is InChI=1S/C21H24N4O4S/c1-6-21(3,4)17-12-29-19-16(30(27,28)24-17)11-25(5)18(19)20(26)23-15-8-7-13(2)14(9-15)10-22/h6-9,11,17,24H,1,12H2,2-5H3,(H,23,26)/t17-/m0/s1. The largest absolute Gasteiger partial charge is 0.488 e. The van der Waals surface area contributed by atoms with Crippen LogP contribution in [-0.4, -0.2) is 31.5 Å². The maximum Gasteiger partial charge on any atom is 0.276 e. The average Bonchev–Trinajstić information content (AvgIpc) is 2.97. The Kier molecular flexibility index (Phi) is 5.50. The number of nitrogens with zero attached hydrogens (tertiary/aromatic N) is 2. The molecule has 0 unspecified atom stereocenters. The highest BCUT2D eigenvalue weighted by molar-refractivity contribution is 7.89. The van der Waals surface area contributed by atoms with Crippen molar-refractivity contribution < 1.29 is 17.9 Å². The summed E-state index contributed by atoms with van der Waals surface area (Å²) in [4.78, 5) is 12.9. The summed E-state index contributed by atoms with van der Waals surface area (Å²) >= 11 is 0. The van der Waals surface area contributed by atoms with Crippen LogP contribution in [0.25, 0.3) is 0 Å². The van der Waals surface area contributed by atoms with E-state index in [-0.39, 0.29) is 22.9 Å². The van der Waals surface area contributed by atoms with Crippen LogP contribution in [0.5, 0.6) is 5.75 Å². The van der Waals surface area contributed by atoms with Crippen LogP contribution in [0, 0.1) is 23.7 Å². The summed E-state index contributed by atoms with van der Waals surface area (Å²) in [6.45, 7) is 9.31. The van der Waals surface area contributed by atoms with E-state index in [0.29, 0.717) is 11.3 Å². The number of nitriles is 1. The highest BCUT2D eigenvalue weighted by atomic mass is 32.2. The van der Waals surface area contributed by atoms with Crippen LogP contribution in [0.15, 0.2) is 41.9 Å². The number of aryl methyl sites for hydroxylation is 2. The van der Waals surface area contributed by atoms with E-state index in [1.54, 1.807) is 38.2 Å². The lowest BCUT2D eigenvalue weighted by molar-refractivity contribution is 0.101. The van der Waals surface area contributed by atoms with Crippen LogP contribution in [-0.2, 0) is 17.1 Å². The number of carbonyl (C=O) groups is 1. The number of nitrogens with one attached hydrogen (secondary N) is 2. The van der Waals surface area contributed by atoms with Gasteiger partial charge in [0.25, 0.3) is 5.91 Å². The average molecular weight is 429 g/mol. The van der Waals surface area contributed by atoms with E-state index in [1.165, 1.54) is 10.8 Å². The van der Waals surface area contributed by atoms with E-state index in [4.69, 9.17) is 4.74 Å². The molecule has 1 aromatic heterocycles. The van der Waals surface area contributed by atoms with E-state index in [1.807, 2.05) is 13.8 Å². The maximum atomic E-state index is 13.0. The van der Waals surface area contributed by atoms with Gasteiger partial charge in [0.1, 0.15) is 11.5 Å². The minimum absolute atomic E-state index is 0.00233. The summed E-state index contributed by atoms with van der Waals surface area (Å²) in [5, 5.41) is 11.9. The highest BCUT2D eigenvalue weighted by Crippen LogP contribution is 2.35. The predicted octanol–water partition coefficient (Wildman–Crippen LogP) is 2.71. The van der Waals surface area contributed by atoms with Crippen molar-refractivity contribution in [3.63, 3.8) is 0 Å². The third-order valence-corrected chi connectivity index (χ3v) is 6.80. The van der Waals surface area contributed by atoms with Crippen molar-refractivity contribution in [2.45, 2.75) is 31.7 Å². The number of amides is 1. The molecular formula is C21H24N4O4S. The molecule has 30 heavy (non-hydrogen) atoms. The summed E-state index contributed by atoms with van der Waals surface area (Å²) in [6, 6.07) is 6.49. The van der Waals surface area contributed by atoms with Gasteiger partial charge in [-0.25, -0.2) is 13.1 Å². The van der Waals surface area contributed by atoms with Crippen molar-refractivity contribution in [1.29, 1.82) is 5.26 Å². The second-order valence-corrected chi connectivity index (χ2v) is 9.57. The summed E-state index contributed by atoms with van der Waals surface area (Å²) < 4.78 is 35.8. The van der Waals surface area contributed by atoms with Crippen molar-refractivity contribution in [3.05, 3.63) is 53.9 Å². The topological polar surface area (TPSA) is 113 Å². The van der Waals surface area contributed by atoms with Gasteiger partial charge in [0.05, 0.1) is 17.7 Å². The van der Waals surface area contributed by atoms with E-state index in [2.05, 4.69) is 22.7 Å². The Labute approximate surface area is 176 Å². The SMILES string of the molecule is C=CC(C)(C)[C@@H]1COc2c(cn(C)c2C(=O)Nc2ccc(C)c(C#N)c2)S(=O)(=O)N1. The van der Waals surface area contributed by atoms with E-state index >= 15 is 0 Å². The van der Waals surface area contributed by atoms with Crippen LogP contribution < -0.4 is 14.8 Å². The molecule has 1 aromatic carbocycles. The van der Waals surface area contributed by atoms with Crippen LogP contribution in [0.1, 0.15) is 35.5 Å². The number of benzene rings is 1. The van der Waals surface area contributed by atoms with Gasteiger partial charge in [-0.2, -0.15) is 5.26 Å². The number of sulfonamides is 1. The second kappa shape index (κ2) is 7.63. The maximum absolute atomic E-state index is 13.0. The van der Waals surface area contributed by atoms with Gasteiger partial charge >= 0.3 is 0 Å². The molecule has 0 radical (unpaired) electrons. The zero-order valence-electron chi connectivity index (χ0n) is 17.3. The Balaban J connectivity index is 1.99. The Hall–Kier alpha value is -3.09. The van der Waals surface area contributed by atoms with Crippen LogP contribution in [0.3, 0.4) is 0 Å². The molecule has 0 bridgehead atoms. The first kappa shape index (κ1) is 21.6. The minimum Gasteiger partial charge on any atom is -0.488 e. The fourth-order valence-corrected chi connectivity index (χ4v) is 4.71. The third-order valence-electron chi connectivity index (χ3n) is 5.34. The minimum atomic E-state index is -3.91. The van der Waals surface area contributed by atoms with E-state index in [9.17, 15) is 18.5 Å². The molecule has 0 aliphatic carbocycles. The van der Waals surface area contributed by atoms with Gasteiger partial charge in [0.2, 0.25) is 10.0 Å². The molecule has 0 saturated carbocycles. The molecule has 8 nitrogen and oxygen atoms in total. The van der Waals surface area contributed by atoms with Gasteiger partial charge < -0.3 is 14.6 Å². The molecule has 2 N–H and O–H groups in total. The Morgan fingerprint density at radius 1 is 1.47 bits per heavy atom. The molecular weight excluding hydrogens is 404 g/mol. The molecule has 0 saturated heterocycles. The molecule has 0 fully saturated rings. The number of hydrogen-bond donors (Lipinski definition) is 2. The van der Waals surface area contributed by atoms with Gasteiger partial charge in [-0.15, -0.1) is 6.58 Å². The number of rotatable bonds is 4. The van der Waals surface area contributed by atoms with Gasteiger partial charge in [-0.1, -0.05) is 26.0 Å². The molecule has 158 valence electrons. The van der Waals surface area contributed by atoms with Crippen molar-refractivity contribution in [3.8, 4) is 11.8 Å². The summed E-state index contributed by atoms with van der Waals surface area (Å²) in [6.07, 6.45) is 3.02. The summed E-state index contributed by atoms with van der Waals surface area (Å²) in [7, 11) is -2.34. The molecule has 1 atom stereocenters. The summed E-state index contributed by atoms with van der Waals surface area (Å²) in [5.41, 5.74) is 1.18. The Morgan fingerprint density at radius 2 is 2.17 bits per heavy atom. The molecule has 9 heteroatoms. The van der Waals surface area contributed by atoms with Crippen LogP contribution in [0.4, 0.5) is 5.69 Å². The first-order chi connectivity index (χ1) is 14.0. The summed E-state index contributed by atoms with van der Waals surface area (Å²) in [5.74, 6) is -0.541. The molecule has 1 aliphatic heterocycles. The first-order valence-electron chi connectivity index (χ1n) is 9.30. The molecule has 2 heterocycles. The number of hydrogen-bond acceptors (Lipinski definition) is 5. The van der Waals surface area contributed by atoms with Crippen molar-refractivity contribution in [2.24, 2.45) is 12.5 Å². The Bertz CT molecular complexity index is 1170. The lowest BCUT2D eigenvalue weighted by Crippen LogP contribution is -2.46. The van der Waals surface area contributed by atoms with Gasteiger partial charge in [-0.3, -0.25) is 4.79 Å². The van der Waals surface area contributed by atoms with Crippen LogP contribution in [0.2, 0.25) is 0 Å². The fraction of sp³-hybridized carbons (Fsp3) is 0.333. The van der Waals surface area contributed by atoms with Gasteiger partial charge in [0, 0.05) is 24.3 Å². The van der Waals surface area contributed by atoms with E-state index in [0.717, 1.165) is 5.56 Å². The molecule has 0 spiro atoms. The zero-order valence-corrected chi connectivity index (χ0v) is 18.1. The predicted molar refractivity (Wildman–Crippen MR) is 113 cm³/mol. The van der Waals surface area contributed by atoms with Gasteiger partial charge in [-0.05, 0) is 24.6 Å². The lowest BCUT2D eigenvalue weighted by atomic mass is 9.86. The number of fused-ring (bicyclic) bond motifs is 1. The third kappa shape index (κ3) is 3.84. The van der Waals surface area contributed by atoms with Crippen molar-refractivity contribution in [2.75, 3.05) is 11.9 Å². The van der Waals surface area contributed by atoms with Crippen molar-refractivity contribution in [1.82, 2.24) is 9.29 Å². The molecule has 1 aliphatic rings. The number of ether oxygens (including phenoxy) is 1. The number of aromatic nitrogens is 1. The normalized spacial score (nSPS) is 17.8. The quantitative estimate of drug-likeness (QED) is 0.727.